The number of thiophene rings is 1. The third kappa shape index (κ3) is 4.97. The van der Waals surface area contributed by atoms with Gasteiger partial charge in [0.05, 0.1) is 5.56 Å². The van der Waals surface area contributed by atoms with E-state index in [0.29, 0.717) is 36.9 Å². The van der Waals surface area contributed by atoms with Crippen LogP contribution in [0.4, 0.5) is 9.18 Å². The third-order valence-electron chi connectivity index (χ3n) is 7.44. The lowest BCUT2D eigenvalue weighted by Gasteiger charge is -2.39. The predicted octanol–water partition coefficient (Wildman–Crippen LogP) is 6.20. The summed E-state index contributed by atoms with van der Waals surface area (Å²) < 4.78 is 18.5. The summed E-state index contributed by atoms with van der Waals surface area (Å²) >= 11 is 1.65. The van der Waals surface area contributed by atoms with Crippen molar-refractivity contribution in [1.29, 1.82) is 0 Å². The van der Waals surface area contributed by atoms with Crippen LogP contribution in [0.1, 0.15) is 93.8 Å². The topological polar surface area (TPSA) is 49.9 Å². The van der Waals surface area contributed by atoms with Gasteiger partial charge in [0.15, 0.2) is 0 Å². The summed E-state index contributed by atoms with van der Waals surface area (Å²) in [5, 5.41) is 2.01. The zero-order valence-corrected chi connectivity index (χ0v) is 20.7. The third-order valence-corrected chi connectivity index (χ3v) is 8.54. The molecule has 0 radical (unpaired) electrons. The maximum absolute atomic E-state index is 13.6. The molecule has 0 N–H and O–H groups in total. The van der Waals surface area contributed by atoms with Gasteiger partial charge in [-0.3, -0.25) is 4.79 Å². The number of hydrogen-bond acceptors (Lipinski definition) is 4. The summed E-state index contributed by atoms with van der Waals surface area (Å²) in [6, 6.07) is 2.42. The number of rotatable bonds is 5. The second-order valence-electron chi connectivity index (χ2n) is 11.2. The normalized spacial score (nSPS) is 28.6. The number of piperidine rings is 1. The molecule has 2 amide bonds. The molecule has 2 saturated heterocycles. The van der Waals surface area contributed by atoms with Gasteiger partial charge in [0.2, 0.25) is 6.36 Å². The van der Waals surface area contributed by atoms with Crippen molar-refractivity contribution in [3.05, 3.63) is 21.9 Å². The number of fused-ring (bicyclic) bond motifs is 2. The second kappa shape index (κ2) is 8.96. The van der Waals surface area contributed by atoms with Gasteiger partial charge in [-0.15, -0.1) is 11.3 Å². The molecule has 2 bridgehead atoms. The summed E-state index contributed by atoms with van der Waals surface area (Å²) in [6.07, 6.45) is 3.81. The lowest BCUT2D eigenvalue weighted by molar-refractivity contribution is -0.0138. The van der Waals surface area contributed by atoms with Crippen molar-refractivity contribution < 1.29 is 18.7 Å². The van der Waals surface area contributed by atoms with Crippen LogP contribution in [-0.4, -0.2) is 53.8 Å². The molecule has 2 aliphatic heterocycles. The van der Waals surface area contributed by atoms with Crippen LogP contribution < -0.4 is 0 Å². The van der Waals surface area contributed by atoms with E-state index in [1.165, 1.54) is 11.3 Å². The van der Waals surface area contributed by atoms with Crippen LogP contribution in [-0.2, 0) is 4.74 Å². The van der Waals surface area contributed by atoms with E-state index >= 15 is 0 Å². The fraction of sp³-hybridized carbons (Fsp3) is 0.760. The summed E-state index contributed by atoms with van der Waals surface area (Å²) in [7, 11) is 0. The summed E-state index contributed by atoms with van der Waals surface area (Å²) in [5.74, 6) is 0.501. The van der Waals surface area contributed by atoms with E-state index in [1.54, 1.807) is 16.2 Å². The van der Waals surface area contributed by atoms with Crippen LogP contribution in [0.2, 0.25) is 0 Å². The van der Waals surface area contributed by atoms with Gasteiger partial charge in [-0.1, -0.05) is 27.7 Å². The highest BCUT2D eigenvalue weighted by Gasteiger charge is 2.51. The molecular weight excluding hydrogens is 427 g/mol. The largest absolute Gasteiger partial charge is 0.415 e. The first-order valence-corrected chi connectivity index (χ1v) is 13.0. The van der Waals surface area contributed by atoms with Crippen LogP contribution in [0.5, 0.6) is 0 Å². The van der Waals surface area contributed by atoms with Gasteiger partial charge in [-0.05, 0) is 61.3 Å². The van der Waals surface area contributed by atoms with Crippen molar-refractivity contribution in [2.75, 3.05) is 19.6 Å². The van der Waals surface area contributed by atoms with Gasteiger partial charge >= 0.3 is 6.09 Å². The Bertz CT molecular complexity index is 848. The summed E-state index contributed by atoms with van der Waals surface area (Å²) in [4.78, 5) is 30.5. The van der Waals surface area contributed by atoms with Crippen LogP contribution in [0.3, 0.4) is 0 Å². The molecule has 3 unspecified atom stereocenters. The predicted molar refractivity (Wildman–Crippen MR) is 125 cm³/mol. The number of nitrogens with zero attached hydrogens (tertiary/aromatic N) is 2. The molecule has 0 aromatic carbocycles. The van der Waals surface area contributed by atoms with E-state index in [-0.39, 0.29) is 17.7 Å². The molecule has 1 aromatic heterocycles. The number of likely N-dealkylation sites (tertiary alicyclic amines) is 2. The minimum Gasteiger partial charge on any atom is -0.415 e. The minimum absolute atomic E-state index is 0.171. The van der Waals surface area contributed by atoms with E-state index in [1.807, 2.05) is 12.3 Å². The Hall–Kier alpha value is -1.63. The first kappa shape index (κ1) is 23.5. The highest BCUT2D eigenvalue weighted by atomic mass is 32.1. The van der Waals surface area contributed by atoms with E-state index in [4.69, 9.17) is 4.74 Å². The molecule has 3 heterocycles. The molecule has 32 heavy (non-hydrogen) atoms. The van der Waals surface area contributed by atoms with Crippen molar-refractivity contribution in [3.63, 3.8) is 0 Å². The average Bonchev–Trinajstić information content (AvgIpc) is 3.29. The Kier molecular flexibility index (Phi) is 6.59. The number of ether oxygens (including phenoxy) is 1. The van der Waals surface area contributed by atoms with Crippen molar-refractivity contribution in [1.82, 2.24) is 9.80 Å². The van der Waals surface area contributed by atoms with E-state index < -0.39 is 12.5 Å². The van der Waals surface area contributed by atoms with Crippen molar-refractivity contribution >= 4 is 23.3 Å². The first-order valence-electron chi connectivity index (χ1n) is 12.1. The number of alkyl halides is 1. The maximum Gasteiger partial charge on any atom is 0.412 e. The minimum atomic E-state index is -1.52. The Balaban J connectivity index is 1.34. The molecule has 3 atom stereocenters. The molecule has 7 heteroatoms. The number of carbonyl (C=O) groups is 2. The Labute approximate surface area is 195 Å². The van der Waals surface area contributed by atoms with Crippen LogP contribution in [0, 0.1) is 10.8 Å². The van der Waals surface area contributed by atoms with E-state index in [2.05, 4.69) is 31.7 Å². The van der Waals surface area contributed by atoms with Crippen LogP contribution in [0.15, 0.2) is 11.4 Å². The molecule has 1 saturated carbocycles. The standard InChI is InChI=1S/C25H37FN2O3S/c1-5-6-21(26)31-23(30)27-9-7-17(8-10-27)20-11-18(14-32-20)22(29)28-16-25(4)13-19(28)12-24(2,3)15-25/h11,14,17,19,21H,5-10,12-13,15-16H2,1-4H3. The van der Waals surface area contributed by atoms with E-state index in [0.717, 1.165) is 37.8 Å². The zero-order chi connectivity index (χ0) is 23.1. The molecule has 178 valence electrons. The second-order valence-corrected chi connectivity index (χ2v) is 12.2. The summed E-state index contributed by atoms with van der Waals surface area (Å²) in [6.45, 7) is 10.8. The first-order chi connectivity index (χ1) is 15.1. The Morgan fingerprint density at radius 1 is 1.25 bits per heavy atom. The smallest absolute Gasteiger partial charge is 0.412 e. The van der Waals surface area contributed by atoms with Gasteiger partial charge in [0.25, 0.3) is 5.91 Å². The Morgan fingerprint density at radius 3 is 2.66 bits per heavy atom. The molecular formula is C25H37FN2O3S. The lowest BCUT2D eigenvalue weighted by Crippen LogP contribution is -2.39. The van der Waals surface area contributed by atoms with Crippen molar-refractivity contribution in [2.45, 2.75) is 91.0 Å². The maximum atomic E-state index is 13.6. The monoisotopic (exact) mass is 464 g/mol. The quantitative estimate of drug-likeness (QED) is 0.521. The van der Waals surface area contributed by atoms with Crippen LogP contribution >= 0.6 is 11.3 Å². The van der Waals surface area contributed by atoms with Gasteiger partial charge in [-0.2, -0.15) is 0 Å². The summed E-state index contributed by atoms with van der Waals surface area (Å²) in [5.41, 5.74) is 1.33. The highest BCUT2D eigenvalue weighted by Crippen LogP contribution is 2.52. The molecule has 1 aliphatic carbocycles. The molecule has 3 aliphatic rings. The van der Waals surface area contributed by atoms with Gasteiger partial charge < -0.3 is 14.5 Å². The molecule has 0 spiro atoms. The number of carbonyl (C=O) groups excluding carboxylic acids is 2. The average molecular weight is 465 g/mol. The zero-order valence-electron chi connectivity index (χ0n) is 19.9. The van der Waals surface area contributed by atoms with Crippen LogP contribution in [0.25, 0.3) is 0 Å². The molecule has 5 nitrogen and oxygen atoms in total. The molecule has 1 aromatic rings. The van der Waals surface area contributed by atoms with Gasteiger partial charge in [0, 0.05) is 42.4 Å². The number of halogens is 1. The fourth-order valence-corrected chi connectivity index (χ4v) is 7.41. The van der Waals surface area contributed by atoms with Crippen molar-refractivity contribution in [2.24, 2.45) is 10.8 Å². The van der Waals surface area contributed by atoms with Crippen molar-refractivity contribution in [3.8, 4) is 0 Å². The fourth-order valence-electron chi connectivity index (χ4n) is 6.36. The highest BCUT2D eigenvalue weighted by molar-refractivity contribution is 7.10. The number of hydrogen-bond donors (Lipinski definition) is 0. The lowest BCUT2D eigenvalue weighted by atomic mass is 9.65. The van der Waals surface area contributed by atoms with Gasteiger partial charge in [0.1, 0.15) is 0 Å². The number of amides is 2. The SMILES string of the molecule is CCCC(F)OC(=O)N1CCC(c2cc(C(=O)N3CC4(C)CC3CC(C)(C)C4)cs2)CC1. The molecule has 4 rings (SSSR count). The molecule has 3 fully saturated rings. The van der Waals surface area contributed by atoms with E-state index in [9.17, 15) is 14.0 Å². The van der Waals surface area contributed by atoms with Gasteiger partial charge in [-0.25, -0.2) is 9.18 Å². The Morgan fingerprint density at radius 2 is 1.97 bits per heavy atom.